The number of ether oxygens (including phenoxy) is 2. The molecule has 0 unspecified atom stereocenters. The molecule has 2 N–H and O–H groups in total. The zero-order chi connectivity index (χ0) is 23.1. The van der Waals surface area contributed by atoms with Crippen LogP contribution in [0.5, 0.6) is 5.75 Å². The van der Waals surface area contributed by atoms with Gasteiger partial charge in [0.2, 0.25) is 0 Å². The summed E-state index contributed by atoms with van der Waals surface area (Å²) in [5.41, 5.74) is 12.4. The van der Waals surface area contributed by atoms with Crippen molar-refractivity contribution in [2.75, 3.05) is 20.0 Å². The average Bonchev–Trinajstić information content (AvgIpc) is 3.01. The molecule has 0 amide bonds. The van der Waals surface area contributed by atoms with Crippen LogP contribution in [0.3, 0.4) is 0 Å². The highest BCUT2D eigenvalue weighted by molar-refractivity contribution is 5.94. The van der Waals surface area contributed by atoms with Crippen LogP contribution in [0.15, 0.2) is 65.4 Å². The Hall–Kier alpha value is -3.78. The molecule has 2 aromatic rings. The quantitative estimate of drug-likeness (QED) is 0.514. The summed E-state index contributed by atoms with van der Waals surface area (Å²) < 4.78 is 10.4. The number of carbonyl (C=O) groups is 1. The summed E-state index contributed by atoms with van der Waals surface area (Å²) in [5.74, 6) is 7.13. The van der Waals surface area contributed by atoms with Crippen LogP contribution in [0.1, 0.15) is 54.6 Å². The topological polar surface area (TPSA) is 74.4 Å². The van der Waals surface area contributed by atoms with Gasteiger partial charge >= 0.3 is 5.97 Å². The van der Waals surface area contributed by atoms with Gasteiger partial charge in [0.15, 0.2) is 0 Å². The van der Waals surface area contributed by atoms with E-state index >= 15 is 0 Å². The molecule has 0 aliphatic heterocycles. The number of aromatic nitrogens is 1. The number of esters is 1. The number of nitrogens with two attached hydrogens (primary N) is 1. The lowest BCUT2D eigenvalue weighted by Crippen LogP contribution is -2.05. The summed E-state index contributed by atoms with van der Waals surface area (Å²) >= 11 is 0. The number of hydrogen-bond donors (Lipinski definition) is 1. The van der Waals surface area contributed by atoms with Crippen LogP contribution in [0.4, 0.5) is 5.82 Å². The fourth-order valence-corrected chi connectivity index (χ4v) is 3.59. The van der Waals surface area contributed by atoms with Gasteiger partial charge in [-0.15, -0.1) is 0 Å². The van der Waals surface area contributed by atoms with Gasteiger partial charge in [0.05, 0.1) is 14.2 Å². The number of hydrogen-bond acceptors (Lipinski definition) is 5. The summed E-state index contributed by atoms with van der Waals surface area (Å²) in [4.78, 5) is 16.2. The summed E-state index contributed by atoms with van der Waals surface area (Å²) in [5, 5.41) is 0. The third kappa shape index (κ3) is 5.09. The number of benzene rings is 1. The highest BCUT2D eigenvalue weighted by Crippen LogP contribution is 2.35. The molecule has 0 saturated carbocycles. The second-order valence-electron chi connectivity index (χ2n) is 7.40. The maximum atomic E-state index is 12.1. The van der Waals surface area contributed by atoms with Crippen molar-refractivity contribution in [1.82, 2.24) is 4.98 Å². The van der Waals surface area contributed by atoms with Gasteiger partial charge in [-0.05, 0) is 54.7 Å². The normalized spacial score (nSPS) is 13.4. The monoisotopic (exact) mass is 428 g/mol. The number of allylic oxidation sites excluding steroid dienone is 6. The predicted octanol–water partition coefficient (Wildman–Crippen LogP) is 5.34. The maximum absolute atomic E-state index is 12.1. The largest absolute Gasteiger partial charge is 0.496 e. The molecule has 164 valence electrons. The molecular formula is C27H28N2O3. The van der Waals surface area contributed by atoms with Crippen molar-refractivity contribution in [1.29, 1.82) is 0 Å². The van der Waals surface area contributed by atoms with Crippen LogP contribution < -0.4 is 10.5 Å². The van der Waals surface area contributed by atoms with Crippen LogP contribution in [0.25, 0.3) is 5.57 Å². The second kappa shape index (κ2) is 10.5. The minimum Gasteiger partial charge on any atom is -0.496 e. The minimum absolute atomic E-state index is 0.387. The molecule has 5 heteroatoms. The van der Waals surface area contributed by atoms with Gasteiger partial charge in [-0.1, -0.05) is 55.1 Å². The molecule has 1 aliphatic carbocycles. The first-order valence-electron chi connectivity index (χ1n) is 10.6. The molecule has 0 fully saturated rings. The Kier molecular flexibility index (Phi) is 7.51. The van der Waals surface area contributed by atoms with Gasteiger partial charge in [-0.25, -0.2) is 9.78 Å². The molecule has 1 aromatic carbocycles. The molecule has 0 atom stereocenters. The number of nitrogen functional groups attached to an aromatic ring is 1. The smallest absolute Gasteiger partial charge is 0.341 e. The van der Waals surface area contributed by atoms with Gasteiger partial charge in [-0.2, -0.15) is 0 Å². The number of carbonyl (C=O) groups excluding carboxylic acids is 1. The maximum Gasteiger partial charge on any atom is 0.341 e. The Morgan fingerprint density at radius 3 is 2.53 bits per heavy atom. The summed E-state index contributed by atoms with van der Waals surface area (Å²) in [6.45, 7) is 4.32. The van der Waals surface area contributed by atoms with Crippen LogP contribution in [0, 0.1) is 11.8 Å². The molecular weight excluding hydrogens is 400 g/mol. The molecule has 3 rings (SSSR count). The predicted molar refractivity (Wildman–Crippen MR) is 128 cm³/mol. The van der Waals surface area contributed by atoms with Gasteiger partial charge in [-0.3, -0.25) is 0 Å². The van der Waals surface area contributed by atoms with Gasteiger partial charge in [0.1, 0.15) is 17.1 Å². The second-order valence-corrected chi connectivity index (χ2v) is 7.40. The van der Waals surface area contributed by atoms with Crippen molar-refractivity contribution in [3.05, 3.63) is 82.1 Å². The van der Waals surface area contributed by atoms with E-state index in [9.17, 15) is 4.79 Å². The van der Waals surface area contributed by atoms with Crippen molar-refractivity contribution in [3.63, 3.8) is 0 Å². The zero-order valence-corrected chi connectivity index (χ0v) is 19.0. The van der Waals surface area contributed by atoms with E-state index < -0.39 is 5.97 Å². The van der Waals surface area contributed by atoms with E-state index in [1.165, 1.54) is 18.3 Å². The van der Waals surface area contributed by atoms with Crippen LogP contribution in [0.2, 0.25) is 0 Å². The molecule has 1 aliphatic rings. The molecule has 1 aromatic heterocycles. The summed E-state index contributed by atoms with van der Waals surface area (Å²) in [6, 6.07) is 9.12. The van der Waals surface area contributed by atoms with E-state index in [1.807, 2.05) is 18.2 Å². The zero-order valence-electron chi connectivity index (χ0n) is 19.0. The summed E-state index contributed by atoms with van der Waals surface area (Å²) in [6.07, 6.45) is 8.70. The fraction of sp³-hybridized carbons (Fsp3) is 0.259. The van der Waals surface area contributed by atoms with Crippen molar-refractivity contribution in [2.24, 2.45) is 0 Å². The number of anilines is 1. The lowest BCUT2D eigenvalue weighted by Gasteiger charge is -2.14. The van der Waals surface area contributed by atoms with Gasteiger partial charge in [0, 0.05) is 17.3 Å². The van der Waals surface area contributed by atoms with E-state index in [-0.39, 0.29) is 0 Å². The third-order valence-corrected chi connectivity index (χ3v) is 5.47. The number of rotatable bonds is 5. The Bertz CT molecular complexity index is 1160. The molecule has 0 saturated heterocycles. The van der Waals surface area contributed by atoms with Crippen molar-refractivity contribution in [2.45, 2.75) is 33.1 Å². The highest BCUT2D eigenvalue weighted by atomic mass is 16.5. The molecule has 0 spiro atoms. The van der Waals surface area contributed by atoms with Crippen LogP contribution in [-0.4, -0.2) is 25.2 Å². The van der Waals surface area contributed by atoms with Crippen LogP contribution >= 0.6 is 0 Å². The lowest BCUT2D eigenvalue weighted by atomic mass is 9.91. The number of methoxy groups -OCH3 is 2. The molecule has 5 nitrogen and oxygen atoms in total. The Balaban J connectivity index is 2.15. The first kappa shape index (κ1) is 22.9. The van der Waals surface area contributed by atoms with E-state index in [4.69, 9.17) is 15.2 Å². The van der Waals surface area contributed by atoms with E-state index in [2.05, 4.69) is 42.8 Å². The Labute approximate surface area is 189 Å². The third-order valence-electron chi connectivity index (χ3n) is 5.47. The van der Waals surface area contributed by atoms with Gasteiger partial charge in [0.25, 0.3) is 0 Å². The van der Waals surface area contributed by atoms with E-state index in [1.54, 1.807) is 25.4 Å². The minimum atomic E-state index is -0.433. The molecule has 0 radical (unpaired) electrons. The number of nitrogens with zero attached hydrogens (tertiary/aromatic N) is 1. The van der Waals surface area contributed by atoms with Crippen molar-refractivity contribution in [3.8, 4) is 17.6 Å². The number of pyridine rings is 1. The van der Waals surface area contributed by atoms with Crippen molar-refractivity contribution >= 4 is 17.4 Å². The fourth-order valence-electron chi connectivity index (χ4n) is 3.59. The van der Waals surface area contributed by atoms with Crippen molar-refractivity contribution < 1.29 is 14.3 Å². The summed E-state index contributed by atoms with van der Waals surface area (Å²) in [7, 11) is 2.90. The SMILES string of the molecule is CCC1=CC=C(c2ccc(C(=O)OC)c(OC)c2)C(C#Cc2ccc(N)nc2)=C(CC)C1. The molecule has 32 heavy (non-hydrogen) atoms. The van der Waals surface area contributed by atoms with E-state index in [0.29, 0.717) is 17.1 Å². The molecule has 1 heterocycles. The van der Waals surface area contributed by atoms with Gasteiger partial charge < -0.3 is 15.2 Å². The van der Waals surface area contributed by atoms with Crippen LogP contribution in [-0.2, 0) is 4.74 Å². The lowest BCUT2D eigenvalue weighted by molar-refractivity contribution is 0.0597. The first-order chi connectivity index (χ1) is 15.5. The average molecular weight is 429 g/mol. The Morgan fingerprint density at radius 1 is 1.09 bits per heavy atom. The van der Waals surface area contributed by atoms with E-state index in [0.717, 1.165) is 41.5 Å². The standard InChI is InChI=1S/C27H28N2O3/c1-5-18-7-11-23(21-10-13-24(27(30)32-4)25(16-21)31-3)22(20(6-2)15-18)12-8-19-9-14-26(28)29-17-19/h7,9-11,13-14,16-17H,5-6,15H2,1-4H3,(H2,28,29). The highest BCUT2D eigenvalue weighted by Gasteiger charge is 2.19. The Morgan fingerprint density at radius 2 is 1.91 bits per heavy atom. The molecule has 0 bridgehead atoms. The first-order valence-corrected chi connectivity index (χ1v) is 10.6.